The van der Waals surface area contributed by atoms with Gasteiger partial charge in [0.1, 0.15) is 12.2 Å². The SMILES string of the molecule is Cc1ccc([N+](C)(C)Cc2nnc(-c3ccccc3)nn2)cc1.[Br-]. The van der Waals surface area contributed by atoms with Gasteiger partial charge in [-0.1, -0.05) is 48.0 Å². The van der Waals surface area contributed by atoms with E-state index in [9.17, 15) is 0 Å². The van der Waals surface area contributed by atoms with Gasteiger partial charge in [-0.15, -0.1) is 20.4 Å². The molecule has 3 aromatic rings. The number of benzene rings is 2. The minimum Gasteiger partial charge on any atom is -1.00 e. The van der Waals surface area contributed by atoms with Gasteiger partial charge in [0.25, 0.3) is 0 Å². The third-order valence-corrected chi connectivity index (χ3v) is 3.82. The normalized spacial score (nSPS) is 11.0. The highest BCUT2D eigenvalue weighted by atomic mass is 79.9. The van der Waals surface area contributed by atoms with E-state index in [1.165, 1.54) is 11.3 Å². The summed E-state index contributed by atoms with van der Waals surface area (Å²) in [4.78, 5) is 0. The van der Waals surface area contributed by atoms with Crippen LogP contribution in [-0.2, 0) is 6.54 Å². The lowest BCUT2D eigenvalue weighted by Crippen LogP contribution is -3.00. The second-order valence-corrected chi connectivity index (χ2v) is 6.18. The third-order valence-electron chi connectivity index (χ3n) is 3.82. The molecule has 1 aromatic heterocycles. The van der Waals surface area contributed by atoms with Crippen LogP contribution in [0.4, 0.5) is 5.69 Å². The molecule has 124 valence electrons. The van der Waals surface area contributed by atoms with Crippen LogP contribution in [0.1, 0.15) is 11.4 Å². The first-order valence-electron chi connectivity index (χ1n) is 7.56. The van der Waals surface area contributed by atoms with Crippen LogP contribution in [0.15, 0.2) is 54.6 Å². The molecule has 2 aromatic carbocycles. The van der Waals surface area contributed by atoms with E-state index < -0.39 is 0 Å². The van der Waals surface area contributed by atoms with Crippen molar-refractivity contribution in [3.05, 3.63) is 66.0 Å². The fraction of sp³-hybridized carbons (Fsp3) is 0.222. The van der Waals surface area contributed by atoms with Gasteiger partial charge in [0.05, 0.1) is 14.1 Å². The van der Waals surface area contributed by atoms with E-state index in [0.29, 0.717) is 22.7 Å². The van der Waals surface area contributed by atoms with Gasteiger partial charge in [-0.25, -0.2) is 0 Å². The summed E-state index contributed by atoms with van der Waals surface area (Å²) in [5.41, 5.74) is 3.37. The Bertz CT molecular complexity index is 771. The average Bonchev–Trinajstić information content (AvgIpc) is 2.56. The topological polar surface area (TPSA) is 51.6 Å². The molecule has 0 radical (unpaired) electrons. The fourth-order valence-electron chi connectivity index (χ4n) is 2.41. The Hall–Kier alpha value is -2.18. The smallest absolute Gasteiger partial charge is 0.227 e. The Kier molecular flexibility index (Phi) is 5.75. The number of aromatic nitrogens is 4. The standard InChI is InChI=1S/C18H20N5.BrH/c1-14-9-11-16(12-10-14)23(2,3)13-17-19-21-18(22-20-17)15-7-5-4-6-8-15;/h4-12H,13H2,1-3H3;1H/q+1;/p-1. The minimum atomic E-state index is 0. The van der Waals surface area contributed by atoms with Crippen LogP contribution in [0.5, 0.6) is 0 Å². The van der Waals surface area contributed by atoms with Crippen LogP contribution in [0.2, 0.25) is 0 Å². The number of aryl methyl sites for hydroxylation is 1. The molecule has 3 rings (SSSR count). The summed E-state index contributed by atoms with van der Waals surface area (Å²) >= 11 is 0. The zero-order chi connectivity index (χ0) is 16.3. The summed E-state index contributed by atoms with van der Waals surface area (Å²) in [6.45, 7) is 2.72. The first kappa shape index (κ1) is 18.2. The summed E-state index contributed by atoms with van der Waals surface area (Å²) in [7, 11) is 4.25. The van der Waals surface area contributed by atoms with Crippen molar-refractivity contribution >= 4 is 5.69 Å². The van der Waals surface area contributed by atoms with Crippen molar-refractivity contribution in [1.29, 1.82) is 0 Å². The molecule has 0 N–H and O–H groups in total. The number of rotatable bonds is 4. The van der Waals surface area contributed by atoms with E-state index in [1.807, 2.05) is 30.3 Å². The van der Waals surface area contributed by atoms with Gasteiger partial charge in [0.2, 0.25) is 11.6 Å². The maximum absolute atomic E-state index is 4.24. The van der Waals surface area contributed by atoms with Gasteiger partial charge in [-0.3, -0.25) is 4.48 Å². The Balaban J connectivity index is 0.00000208. The highest BCUT2D eigenvalue weighted by Gasteiger charge is 2.21. The third kappa shape index (κ3) is 4.21. The zero-order valence-corrected chi connectivity index (χ0v) is 15.6. The number of hydrogen-bond acceptors (Lipinski definition) is 4. The molecular formula is C18H20BrN5. The predicted molar refractivity (Wildman–Crippen MR) is 91.6 cm³/mol. The molecule has 0 aliphatic rings. The van der Waals surface area contributed by atoms with Crippen LogP contribution < -0.4 is 21.5 Å². The summed E-state index contributed by atoms with van der Waals surface area (Å²) in [6.07, 6.45) is 0. The van der Waals surface area contributed by atoms with Crippen LogP contribution in [0, 0.1) is 6.92 Å². The lowest BCUT2D eigenvalue weighted by Gasteiger charge is -2.28. The van der Waals surface area contributed by atoms with E-state index in [0.717, 1.165) is 5.56 Å². The highest BCUT2D eigenvalue weighted by molar-refractivity contribution is 5.52. The molecule has 0 amide bonds. The Morgan fingerprint density at radius 2 is 1.38 bits per heavy atom. The first-order chi connectivity index (χ1) is 11.0. The molecule has 0 saturated heterocycles. The zero-order valence-electron chi connectivity index (χ0n) is 14.0. The second kappa shape index (κ2) is 7.59. The minimum absolute atomic E-state index is 0. The van der Waals surface area contributed by atoms with Crippen LogP contribution in [-0.4, -0.2) is 34.5 Å². The molecule has 0 aliphatic heterocycles. The summed E-state index contributed by atoms with van der Waals surface area (Å²) in [5.74, 6) is 1.19. The molecule has 0 unspecified atom stereocenters. The number of nitrogens with zero attached hydrogens (tertiary/aromatic N) is 5. The van der Waals surface area contributed by atoms with E-state index in [1.54, 1.807) is 0 Å². The maximum atomic E-state index is 4.24. The van der Waals surface area contributed by atoms with Gasteiger partial charge < -0.3 is 17.0 Å². The van der Waals surface area contributed by atoms with Crippen molar-refractivity contribution in [1.82, 2.24) is 24.9 Å². The van der Waals surface area contributed by atoms with Crippen LogP contribution >= 0.6 is 0 Å². The molecule has 6 heteroatoms. The molecule has 0 atom stereocenters. The molecule has 24 heavy (non-hydrogen) atoms. The number of quaternary nitrogens is 1. The molecular weight excluding hydrogens is 366 g/mol. The molecule has 5 nitrogen and oxygen atoms in total. The van der Waals surface area contributed by atoms with E-state index in [2.05, 4.69) is 65.7 Å². The molecule has 0 aliphatic carbocycles. The average molecular weight is 386 g/mol. The van der Waals surface area contributed by atoms with E-state index in [-0.39, 0.29) is 17.0 Å². The largest absolute Gasteiger partial charge is 1.00 e. The molecule has 0 fully saturated rings. The van der Waals surface area contributed by atoms with E-state index in [4.69, 9.17) is 0 Å². The second-order valence-electron chi connectivity index (χ2n) is 6.18. The summed E-state index contributed by atoms with van der Waals surface area (Å²) in [5, 5.41) is 16.9. The highest BCUT2D eigenvalue weighted by Crippen LogP contribution is 2.21. The van der Waals surface area contributed by atoms with Crippen LogP contribution in [0.3, 0.4) is 0 Å². The quantitative estimate of drug-likeness (QED) is 0.593. The Labute approximate surface area is 152 Å². The van der Waals surface area contributed by atoms with E-state index >= 15 is 0 Å². The maximum Gasteiger partial charge on any atom is 0.227 e. The Morgan fingerprint density at radius 3 is 1.96 bits per heavy atom. The molecule has 0 saturated carbocycles. The fourth-order valence-corrected chi connectivity index (χ4v) is 2.41. The van der Waals surface area contributed by atoms with Crippen molar-refractivity contribution in [3.63, 3.8) is 0 Å². The van der Waals surface area contributed by atoms with Gasteiger partial charge in [-0.05, 0) is 19.1 Å². The first-order valence-corrected chi connectivity index (χ1v) is 7.56. The van der Waals surface area contributed by atoms with Crippen molar-refractivity contribution in [3.8, 4) is 11.4 Å². The van der Waals surface area contributed by atoms with Crippen molar-refractivity contribution in [2.45, 2.75) is 13.5 Å². The monoisotopic (exact) mass is 385 g/mol. The molecule has 0 bridgehead atoms. The molecule has 0 spiro atoms. The number of hydrogen-bond donors (Lipinski definition) is 0. The van der Waals surface area contributed by atoms with Gasteiger partial charge in [-0.2, -0.15) is 0 Å². The number of halogens is 1. The van der Waals surface area contributed by atoms with Crippen LogP contribution in [0.25, 0.3) is 11.4 Å². The predicted octanol–water partition coefficient (Wildman–Crippen LogP) is 0.0131. The summed E-state index contributed by atoms with van der Waals surface area (Å²) < 4.78 is 0.647. The van der Waals surface area contributed by atoms with Crippen molar-refractivity contribution < 1.29 is 17.0 Å². The van der Waals surface area contributed by atoms with Crippen molar-refractivity contribution in [2.75, 3.05) is 14.1 Å². The van der Waals surface area contributed by atoms with Gasteiger partial charge in [0, 0.05) is 5.56 Å². The summed E-state index contributed by atoms with van der Waals surface area (Å²) in [6, 6.07) is 18.3. The van der Waals surface area contributed by atoms with Gasteiger partial charge >= 0.3 is 0 Å². The lowest BCUT2D eigenvalue weighted by molar-refractivity contribution is -0.00000525. The lowest BCUT2D eigenvalue weighted by atomic mass is 10.2. The van der Waals surface area contributed by atoms with Gasteiger partial charge in [0.15, 0.2) is 0 Å². The Morgan fingerprint density at radius 1 is 0.792 bits per heavy atom. The van der Waals surface area contributed by atoms with Crippen molar-refractivity contribution in [2.24, 2.45) is 0 Å². The molecule has 1 heterocycles.